The number of benzene rings is 1. The summed E-state index contributed by atoms with van der Waals surface area (Å²) in [5.41, 5.74) is 1.79. The van der Waals surface area contributed by atoms with Gasteiger partial charge in [0.1, 0.15) is 18.1 Å². The highest BCUT2D eigenvalue weighted by Crippen LogP contribution is 2.28. The van der Waals surface area contributed by atoms with Crippen molar-refractivity contribution in [3.63, 3.8) is 0 Å². The molecule has 0 atom stereocenters. The van der Waals surface area contributed by atoms with Crippen LogP contribution in [0.1, 0.15) is 11.1 Å². The van der Waals surface area contributed by atoms with E-state index >= 15 is 0 Å². The second kappa shape index (κ2) is 6.96. The van der Waals surface area contributed by atoms with Crippen LogP contribution >= 0.6 is 0 Å². The Hall–Kier alpha value is -1.79. The Balaban J connectivity index is 2.74. The molecule has 1 rings (SSSR count). The van der Waals surface area contributed by atoms with Crippen molar-refractivity contribution in [1.82, 2.24) is 5.01 Å². The number of methoxy groups -OCH3 is 2. The Morgan fingerprint density at radius 2 is 1.89 bits per heavy atom. The van der Waals surface area contributed by atoms with Crippen molar-refractivity contribution < 1.29 is 19.0 Å². The second-order valence-electron chi connectivity index (χ2n) is 4.13. The Bertz CT molecular complexity index is 447. The Labute approximate surface area is 113 Å². The number of likely N-dealkylation sites (N-methyl/N-ethyl adjacent to an activating group) is 1. The summed E-state index contributed by atoms with van der Waals surface area (Å²) in [5.74, 6) is 6.45. The topological polar surface area (TPSA) is 74.0 Å². The smallest absolute Gasteiger partial charge is 0.262 e. The molecule has 0 unspecified atom stereocenters. The van der Waals surface area contributed by atoms with Crippen LogP contribution in [0.2, 0.25) is 0 Å². The average Bonchev–Trinajstić information content (AvgIpc) is 2.39. The van der Waals surface area contributed by atoms with E-state index in [2.05, 4.69) is 0 Å². The molecule has 2 N–H and O–H groups in total. The van der Waals surface area contributed by atoms with Crippen molar-refractivity contribution in [3.05, 3.63) is 23.3 Å². The van der Waals surface area contributed by atoms with E-state index < -0.39 is 0 Å². The molecule has 0 saturated carbocycles. The Kier molecular flexibility index (Phi) is 5.59. The third kappa shape index (κ3) is 4.11. The molecule has 1 aromatic carbocycles. The van der Waals surface area contributed by atoms with Crippen molar-refractivity contribution in [2.75, 3.05) is 27.9 Å². The number of hydrazine groups is 1. The molecule has 0 radical (unpaired) electrons. The highest BCUT2D eigenvalue weighted by molar-refractivity contribution is 5.76. The molecule has 0 aromatic heterocycles. The molecular weight excluding hydrogens is 248 g/mol. The van der Waals surface area contributed by atoms with Gasteiger partial charge in [0, 0.05) is 12.6 Å². The summed E-state index contributed by atoms with van der Waals surface area (Å²) >= 11 is 0. The van der Waals surface area contributed by atoms with Gasteiger partial charge in [0.25, 0.3) is 5.91 Å². The second-order valence-corrected chi connectivity index (χ2v) is 4.13. The van der Waals surface area contributed by atoms with Gasteiger partial charge in [-0.25, -0.2) is 5.84 Å². The maximum atomic E-state index is 11.3. The van der Waals surface area contributed by atoms with E-state index in [-0.39, 0.29) is 19.1 Å². The first-order valence-corrected chi connectivity index (χ1v) is 5.80. The number of aryl methyl sites for hydroxylation is 1. The fourth-order valence-corrected chi connectivity index (χ4v) is 1.58. The molecule has 0 spiro atoms. The van der Waals surface area contributed by atoms with Gasteiger partial charge in [-0.15, -0.1) is 0 Å². The first kappa shape index (κ1) is 15.3. The van der Waals surface area contributed by atoms with Gasteiger partial charge in [-0.1, -0.05) is 0 Å². The number of hydrogen-bond donors (Lipinski definition) is 1. The zero-order valence-corrected chi connectivity index (χ0v) is 11.7. The molecule has 0 aliphatic carbocycles. The maximum absolute atomic E-state index is 11.3. The first-order chi connectivity index (χ1) is 8.99. The number of amides is 1. The number of nitrogens with two attached hydrogens (primary N) is 1. The van der Waals surface area contributed by atoms with Crippen molar-refractivity contribution in [3.8, 4) is 11.5 Å². The van der Waals surface area contributed by atoms with E-state index in [1.54, 1.807) is 14.2 Å². The highest BCUT2D eigenvalue weighted by Gasteiger charge is 2.10. The van der Waals surface area contributed by atoms with Gasteiger partial charge in [0.2, 0.25) is 0 Å². The van der Waals surface area contributed by atoms with Crippen LogP contribution < -0.4 is 15.3 Å². The van der Waals surface area contributed by atoms with Crippen LogP contribution in [0.5, 0.6) is 11.5 Å². The summed E-state index contributed by atoms with van der Waals surface area (Å²) in [6.07, 6.45) is 0. The molecule has 6 heteroatoms. The number of carbonyl (C=O) groups is 1. The summed E-state index contributed by atoms with van der Waals surface area (Å²) in [6, 6.07) is 3.71. The summed E-state index contributed by atoms with van der Waals surface area (Å²) in [5, 5.41) is 0.993. The standard InChI is InChI=1S/C13H20N2O4/c1-9-5-12(18-4)10(6-11(9)17-3)7-19-8-13(16)15(2)14/h5-6H,7-8,14H2,1-4H3. The SMILES string of the molecule is COc1cc(COCC(=O)N(C)N)c(OC)cc1C. The Morgan fingerprint density at radius 3 is 2.42 bits per heavy atom. The number of ether oxygens (including phenoxy) is 3. The predicted molar refractivity (Wildman–Crippen MR) is 70.9 cm³/mol. The monoisotopic (exact) mass is 268 g/mol. The highest BCUT2D eigenvalue weighted by atomic mass is 16.5. The zero-order chi connectivity index (χ0) is 14.4. The van der Waals surface area contributed by atoms with E-state index in [0.717, 1.165) is 21.9 Å². The number of rotatable bonds is 6. The van der Waals surface area contributed by atoms with Crippen LogP contribution in [-0.4, -0.2) is 38.8 Å². The van der Waals surface area contributed by atoms with E-state index in [0.29, 0.717) is 5.75 Å². The van der Waals surface area contributed by atoms with Crippen LogP contribution in [-0.2, 0) is 16.1 Å². The lowest BCUT2D eigenvalue weighted by Crippen LogP contribution is -2.35. The van der Waals surface area contributed by atoms with Crippen molar-refractivity contribution in [2.24, 2.45) is 5.84 Å². The molecule has 0 bridgehead atoms. The Morgan fingerprint density at radius 1 is 1.26 bits per heavy atom. The predicted octanol–water partition coefficient (Wildman–Crippen LogP) is 0.861. The molecule has 1 aromatic rings. The average molecular weight is 268 g/mol. The first-order valence-electron chi connectivity index (χ1n) is 5.80. The summed E-state index contributed by atoms with van der Waals surface area (Å²) in [4.78, 5) is 11.3. The number of nitrogens with zero attached hydrogens (tertiary/aromatic N) is 1. The van der Waals surface area contributed by atoms with Gasteiger partial charge in [-0.2, -0.15) is 0 Å². The minimum absolute atomic E-state index is 0.0770. The molecular formula is C13H20N2O4. The van der Waals surface area contributed by atoms with Crippen LogP contribution in [0.15, 0.2) is 12.1 Å². The normalized spacial score (nSPS) is 10.2. The molecule has 0 aliphatic rings. The maximum Gasteiger partial charge on any atom is 0.262 e. The van der Waals surface area contributed by atoms with Crippen LogP contribution in [0.3, 0.4) is 0 Å². The van der Waals surface area contributed by atoms with Crippen LogP contribution in [0.25, 0.3) is 0 Å². The fraction of sp³-hybridized carbons (Fsp3) is 0.462. The fourth-order valence-electron chi connectivity index (χ4n) is 1.58. The van der Waals surface area contributed by atoms with Gasteiger partial charge in [-0.05, 0) is 24.6 Å². The van der Waals surface area contributed by atoms with Gasteiger partial charge in [-0.3, -0.25) is 9.80 Å². The lowest BCUT2D eigenvalue weighted by atomic mass is 10.1. The van der Waals surface area contributed by atoms with Gasteiger partial charge < -0.3 is 14.2 Å². The van der Waals surface area contributed by atoms with E-state index in [9.17, 15) is 4.79 Å². The van der Waals surface area contributed by atoms with Gasteiger partial charge in [0.15, 0.2) is 0 Å². The zero-order valence-electron chi connectivity index (χ0n) is 11.7. The van der Waals surface area contributed by atoms with Gasteiger partial charge >= 0.3 is 0 Å². The third-order valence-electron chi connectivity index (χ3n) is 2.67. The summed E-state index contributed by atoms with van der Waals surface area (Å²) in [6.45, 7) is 2.10. The minimum Gasteiger partial charge on any atom is -0.496 e. The molecule has 6 nitrogen and oxygen atoms in total. The van der Waals surface area contributed by atoms with Crippen molar-refractivity contribution >= 4 is 5.91 Å². The molecule has 0 fully saturated rings. The molecule has 1 amide bonds. The van der Waals surface area contributed by atoms with E-state index in [4.69, 9.17) is 20.1 Å². The molecule has 0 heterocycles. The third-order valence-corrected chi connectivity index (χ3v) is 2.67. The van der Waals surface area contributed by atoms with Crippen LogP contribution in [0.4, 0.5) is 0 Å². The largest absolute Gasteiger partial charge is 0.496 e. The lowest BCUT2D eigenvalue weighted by molar-refractivity contribution is -0.135. The molecule has 0 saturated heterocycles. The molecule has 106 valence electrons. The summed E-state index contributed by atoms with van der Waals surface area (Å²) < 4.78 is 15.8. The number of carbonyl (C=O) groups excluding carboxylic acids is 1. The van der Waals surface area contributed by atoms with Crippen LogP contribution in [0, 0.1) is 6.92 Å². The van der Waals surface area contributed by atoms with Gasteiger partial charge in [0.05, 0.1) is 20.8 Å². The quantitative estimate of drug-likeness (QED) is 0.470. The number of hydrogen-bond acceptors (Lipinski definition) is 5. The molecule has 0 aliphatic heterocycles. The lowest BCUT2D eigenvalue weighted by Gasteiger charge is -2.14. The van der Waals surface area contributed by atoms with E-state index in [1.807, 2.05) is 19.1 Å². The molecule has 19 heavy (non-hydrogen) atoms. The van der Waals surface area contributed by atoms with Crippen molar-refractivity contribution in [2.45, 2.75) is 13.5 Å². The van der Waals surface area contributed by atoms with E-state index in [1.165, 1.54) is 7.05 Å². The minimum atomic E-state index is -0.293. The summed E-state index contributed by atoms with van der Waals surface area (Å²) in [7, 11) is 4.66. The van der Waals surface area contributed by atoms with Crippen molar-refractivity contribution in [1.29, 1.82) is 0 Å².